The van der Waals surface area contributed by atoms with E-state index in [-0.39, 0.29) is 28.4 Å². The maximum absolute atomic E-state index is 13.3. The Bertz CT molecular complexity index is 721. The Kier molecular flexibility index (Phi) is 4.41. The van der Waals surface area contributed by atoms with Crippen molar-refractivity contribution in [2.75, 3.05) is 5.73 Å². The van der Waals surface area contributed by atoms with E-state index in [0.717, 1.165) is 6.07 Å². The Morgan fingerprint density at radius 3 is 2.81 bits per heavy atom. The van der Waals surface area contributed by atoms with Gasteiger partial charge in [-0.1, -0.05) is 17.7 Å². The van der Waals surface area contributed by atoms with Crippen LogP contribution < -0.4 is 5.73 Å². The predicted molar refractivity (Wildman–Crippen MR) is 76.1 cm³/mol. The fraction of sp³-hybridized carbons (Fsp3) is 0.0667. The van der Waals surface area contributed by atoms with Crippen LogP contribution in [0, 0.1) is 17.1 Å². The Labute approximate surface area is 125 Å². The number of anilines is 1. The molecule has 0 heterocycles. The molecule has 2 rings (SSSR count). The SMILES string of the molecule is N#Cc1cc(F)cc(COC(=O)c2c(N)cccc2Cl)c1. The average Bonchev–Trinajstić information content (AvgIpc) is 2.44. The summed E-state index contributed by atoms with van der Waals surface area (Å²) in [7, 11) is 0. The third kappa shape index (κ3) is 3.50. The van der Waals surface area contributed by atoms with E-state index >= 15 is 0 Å². The van der Waals surface area contributed by atoms with Gasteiger partial charge in [0.2, 0.25) is 0 Å². The lowest BCUT2D eigenvalue weighted by Gasteiger charge is -2.09. The van der Waals surface area contributed by atoms with Crippen LogP contribution in [0.25, 0.3) is 0 Å². The van der Waals surface area contributed by atoms with Crippen molar-refractivity contribution in [2.24, 2.45) is 0 Å². The molecule has 21 heavy (non-hydrogen) atoms. The topological polar surface area (TPSA) is 76.1 Å². The van der Waals surface area contributed by atoms with Crippen molar-refractivity contribution in [3.8, 4) is 6.07 Å². The molecule has 0 spiro atoms. The highest BCUT2D eigenvalue weighted by Crippen LogP contribution is 2.23. The molecule has 2 aromatic rings. The summed E-state index contributed by atoms with van der Waals surface area (Å²) in [5.74, 6) is -1.28. The predicted octanol–water partition coefficient (Wildman–Crippen LogP) is 3.29. The van der Waals surface area contributed by atoms with E-state index < -0.39 is 11.8 Å². The van der Waals surface area contributed by atoms with E-state index in [2.05, 4.69) is 0 Å². The number of esters is 1. The molecule has 0 fully saturated rings. The molecule has 4 nitrogen and oxygen atoms in total. The standard InChI is InChI=1S/C15H10ClFN2O2/c16-12-2-1-3-13(19)14(12)15(20)21-8-10-4-9(7-18)5-11(17)6-10/h1-6H,8,19H2. The van der Waals surface area contributed by atoms with Crippen LogP contribution in [0.15, 0.2) is 36.4 Å². The van der Waals surface area contributed by atoms with Gasteiger partial charge in [0.05, 0.1) is 16.7 Å². The first-order chi connectivity index (χ1) is 10.0. The number of hydrogen-bond donors (Lipinski definition) is 1. The number of nitrogens with zero attached hydrogens (tertiary/aromatic N) is 1. The molecule has 0 atom stereocenters. The van der Waals surface area contributed by atoms with Gasteiger partial charge in [-0.25, -0.2) is 9.18 Å². The summed E-state index contributed by atoms with van der Waals surface area (Å²) < 4.78 is 18.3. The molecule has 2 N–H and O–H groups in total. The number of ether oxygens (including phenoxy) is 1. The van der Waals surface area contributed by atoms with Gasteiger partial charge in [-0.2, -0.15) is 5.26 Å². The summed E-state index contributed by atoms with van der Waals surface area (Å²) >= 11 is 5.90. The molecular formula is C15H10ClFN2O2. The molecule has 0 bridgehead atoms. The van der Waals surface area contributed by atoms with Crippen LogP contribution in [0.5, 0.6) is 0 Å². The second-order valence-corrected chi connectivity index (χ2v) is 4.65. The zero-order valence-electron chi connectivity index (χ0n) is 10.8. The third-order valence-electron chi connectivity index (χ3n) is 2.71. The van der Waals surface area contributed by atoms with Gasteiger partial charge in [0.25, 0.3) is 0 Å². The van der Waals surface area contributed by atoms with E-state index in [1.807, 2.05) is 6.07 Å². The summed E-state index contributed by atoms with van der Waals surface area (Å²) in [6.07, 6.45) is 0. The Hall–Kier alpha value is -2.58. The van der Waals surface area contributed by atoms with E-state index in [9.17, 15) is 9.18 Å². The van der Waals surface area contributed by atoms with Gasteiger partial charge in [-0.05, 0) is 35.9 Å². The van der Waals surface area contributed by atoms with Crippen LogP contribution in [-0.2, 0) is 11.3 Å². The van der Waals surface area contributed by atoms with Gasteiger partial charge in [0.1, 0.15) is 18.0 Å². The largest absolute Gasteiger partial charge is 0.457 e. The summed E-state index contributed by atoms with van der Waals surface area (Å²) in [5, 5.41) is 8.93. The van der Waals surface area contributed by atoms with E-state index in [4.69, 9.17) is 27.3 Å². The fourth-order valence-electron chi connectivity index (χ4n) is 1.78. The molecule has 0 aromatic heterocycles. The van der Waals surface area contributed by atoms with Gasteiger partial charge in [0.15, 0.2) is 0 Å². The van der Waals surface area contributed by atoms with Gasteiger partial charge >= 0.3 is 5.97 Å². The van der Waals surface area contributed by atoms with Crippen LogP contribution >= 0.6 is 11.6 Å². The first-order valence-electron chi connectivity index (χ1n) is 5.92. The van der Waals surface area contributed by atoms with Crippen molar-refractivity contribution >= 4 is 23.3 Å². The Morgan fingerprint density at radius 1 is 1.38 bits per heavy atom. The number of nitriles is 1. The number of carbonyl (C=O) groups excluding carboxylic acids is 1. The van der Waals surface area contributed by atoms with Gasteiger partial charge in [0, 0.05) is 5.69 Å². The number of nitrogen functional groups attached to an aromatic ring is 1. The first kappa shape index (κ1) is 14.8. The highest BCUT2D eigenvalue weighted by atomic mass is 35.5. The molecule has 6 heteroatoms. The van der Waals surface area contributed by atoms with Crippen molar-refractivity contribution < 1.29 is 13.9 Å². The molecule has 0 unspecified atom stereocenters. The van der Waals surface area contributed by atoms with Crippen LogP contribution in [-0.4, -0.2) is 5.97 Å². The summed E-state index contributed by atoms with van der Waals surface area (Å²) in [4.78, 5) is 12.0. The third-order valence-corrected chi connectivity index (χ3v) is 3.02. The molecule has 0 saturated heterocycles. The smallest absolute Gasteiger partial charge is 0.342 e. The van der Waals surface area contributed by atoms with Crippen molar-refractivity contribution in [1.82, 2.24) is 0 Å². The lowest BCUT2D eigenvalue weighted by molar-refractivity contribution is 0.0474. The summed E-state index contributed by atoms with van der Waals surface area (Å²) in [5.41, 5.74) is 6.45. The maximum Gasteiger partial charge on any atom is 0.342 e. The van der Waals surface area contributed by atoms with E-state index in [1.165, 1.54) is 24.3 Å². The number of rotatable bonds is 3. The average molecular weight is 305 g/mol. The van der Waals surface area contributed by atoms with Crippen molar-refractivity contribution in [1.29, 1.82) is 5.26 Å². The molecule has 0 radical (unpaired) electrons. The monoisotopic (exact) mass is 304 g/mol. The number of halogens is 2. The molecule has 0 amide bonds. The minimum Gasteiger partial charge on any atom is -0.457 e. The number of carbonyl (C=O) groups is 1. The summed E-state index contributed by atoms with van der Waals surface area (Å²) in [6, 6.07) is 10.2. The van der Waals surface area contributed by atoms with E-state index in [0.29, 0.717) is 5.56 Å². The molecule has 106 valence electrons. The molecule has 0 aliphatic rings. The number of hydrogen-bond acceptors (Lipinski definition) is 4. The zero-order chi connectivity index (χ0) is 15.4. The van der Waals surface area contributed by atoms with Gasteiger partial charge in [-0.3, -0.25) is 0 Å². The molecule has 0 aliphatic heterocycles. The summed E-state index contributed by atoms with van der Waals surface area (Å²) in [6.45, 7) is -0.185. The lowest BCUT2D eigenvalue weighted by atomic mass is 10.1. The Morgan fingerprint density at radius 2 is 2.14 bits per heavy atom. The number of benzene rings is 2. The zero-order valence-corrected chi connectivity index (χ0v) is 11.5. The number of nitrogens with two attached hydrogens (primary N) is 1. The fourth-order valence-corrected chi connectivity index (χ4v) is 2.03. The maximum atomic E-state index is 13.3. The highest BCUT2D eigenvalue weighted by molar-refractivity contribution is 6.34. The second kappa shape index (κ2) is 6.25. The second-order valence-electron chi connectivity index (χ2n) is 4.24. The molecule has 0 saturated carbocycles. The molecule has 0 aliphatic carbocycles. The van der Waals surface area contributed by atoms with Crippen LogP contribution in [0.4, 0.5) is 10.1 Å². The van der Waals surface area contributed by atoms with Crippen molar-refractivity contribution in [2.45, 2.75) is 6.61 Å². The van der Waals surface area contributed by atoms with Gasteiger partial charge in [-0.15, -0.1) is 0 Å². The van der Waals surface area contributed by atoms with Crippen LogP contribution in [0.3, 0.4) is 0 Å². The van der Waals surface area contributed by atoms with Crippen LogP contribution in [0.2, 0.25) is 5.02 Å². The Balaban J connectivity index is 2.15. The van der Waals surface area contributed by atoms with Crippen molar-refractivity contribution in [3.63, 3.8) is 0 Å². The van der Waals surface area contributed by atoms with E-state index in [1.54, 1.807) is 6.07 Å². The molecule has 2 aromatic carbocycles. The normalized spacial score (nSPS) is 9.95. The lowest BCUT2D eigenvalue weighted by Crippen LogP contribution is -2.09. The highest BCUT2D eigenvalue weighted by Gasteiger charge is 2.15. The minimum atomic E-state index is -0.708. The first-order valence-corrected chi connectivity index (χ1v) is 6.29. The minimum absolute atomic E-state index is 0.0658. The molecular weight excluding hydrogens is 295 g/mol. The quantitative estimate of drug-likeness (QED) is 0.697. The van der Waals surface area contributed by atoms with Crippen molar-refractivity contribution in [3.05, 3.63) is 63.9 Å². The van der Waals surface area contributed by atoms with Gasteiger partial charge < -0.3 is 10.5 Å². The van der Waals surface area contributed by atoms with Crippen LogP contribution in [0.1, 0.15) is 21.5 Å².